The van der Waals surface area contributed by atoms with Gasteiger partial charge in [0, 0.05) is 5.92 Å². The van der Waals surface area contributed by atoms with E-state index in [-0.39, 0.29) is 0 Å². The predicted molar refractivity (Wildman–Crippen MR) is 79.0 cm³/mol. The molecule has 3 aliphatic rings. The number of aliphatic hydroxyl groups excluding tert-OH is 8. The standard InChI is InChI=1S/C15H26O10/c1-12(3-16)5-6(18)10(22)14(4-17)11(23)7(19)9(21)13(2,24)15(14,25-12)8(5)20/h5-11,16-24H,3-4H2,1-2H3/t5-,6-,7+,8-,9+,10-,11+,12+,13+,14-,15+/m1/s1. The maximum absolute atomic E-state index is 11.0. The van der Waals surface area contributed by atoms with Gasteiger partial charge in [-0.3, -0.25) is 0 Å². The van der Waals surface area contributed by atoms with Crippen molar-refractivity contribution in [2.24, 2.45) is 11.3 Å². The Morgan fingerprint density at radius 1 is 0.760 bits per heavy atom. The third-order valence-corrected chi connectivity index (χ3v) is 6.84. The summed E-state index contributed by atoms with van der Waals surface area (Å²) >= 11 is 0. The van der Waals surface area contributed by atoms with Gasteiger partial charge in [0.05, 0.1) is 48.6 Å². The van der Waals surface area contributed by atoms with Gasteiger partial charge < -0.3 is 50.7 Å². The van der Waals surface area contributed by atoms with Crippen molar-refractivity contribution in [3.8, 4) is 0 Å². The van der Waals surface area contributed by atoms with Crippen molar-refractivity contribution in [3.63, 3.8) is 0 Å². The van der Waals surface area contributed by atoms with Crippen molar-refractivity contribution >= 4 is 0 Å². The van der Waals surface area contributed by atoms with E-state index < -0.39 is 78.0 Å². The third-order valence-electron chi connectivity index (χ3n) is 6.84. The fourth-order valence-electron chi connectivity index (χ4n) is 5.46. The molecular formula is C15H26O10. The van der Waals surface area contributed by atoms with Crippen LogP contribution in [-0.4, -0.2) is 113 Å². The summed E-state index contributed by atoms with van der Waals surface area (Å²) in [4.78, 5) is 0. The van der Waals surface area contributed by atoms with E-state index in [0.717, 1.165) is 6.92 Å². The van der Waals surface area contributed by atoms with Gasteiger partial charge >= 0.3 is 0 Å². The number of hydrogen-bond donors (Lipinski definition) is 9. The van der Waals surface area contributed by atoms with Gasteiger partial charge in [-0.2, -0.15) is 0 Å². The van der Waals surface area contributed by atoms with Gasteiger partial charge in [0.1, 0.15) is 23.4 Å². The largest absolute Gasteiger partial charge is 0.395 e. The lowest BCUT2D eigenvalue weighted by Crippen LogP contribution is -2.87. The van der Waals surface area contributed by atoms with E-state index in [4.69, 9.17) is 4.74 Å². The minimum absolute atomic E-state index is 0.716. The van der Waals surface area contributed by atoms with Crippen molar-refractivity contribution in [1.82, 2.24) is 0 Å². The first-order valence-corrected chi connectivity index (χ1v) is 8.13. The van der Waals surface area contributed by atoms with Gasteiger partial charge in [-0.1, -0.05) is 0 Å². The van der Waals surface area contributed by atoms with Crippen LogP contribution >= 0.6 is 0 Å². The molecule has 1 heterocycles. The molecule has 11 atom stereocenters. The average molecular weight is 366 g/mol. The molecule has 2 bridgehead atoms. The van der Waals surface area contributed by atoms with Gasteiger partial charge in [-0.25, -0.2) is 0 Å². The molecule has 9 N–H and O–H groups in total. The normalized spacial score (nSPS) is 64.2. The highest BCUT2D eigenvalue weighted by Crippen LogP contribution is 2.66. The zero-order valence-electron chi connectivity index (χ0n) is 13.9. The molecule has 0 aromatic rings. The zero-order valence-corrected chi connectivity index (χ0v) is 13.9. The molecular weight excluding hydrogens is 340 g/mol. The molecule has 2 saturated carbocycles. The fourth-order valence-corrected chi connectivity index (χ4v) is 5.46. The Labute approximate surface area is 143 Å². The summed E-state index contributed by atoms with van der Waals surface area (Å²) in [5.74, 6) is -1.28. The summed E-state index contributed by atoms with van der Waals surface area (Å²) in [6.07, 6.45) is -11.5. The second-order valence-corrected chi connectivity index (χ2v) is 7.94. The van der Waals surface area contributed by atoms with Crippen LogP contribution in [0.3, 0.4) is 0 Å². The number of hydrogen-bond acceptors (Lipinski definition) is 10. The quantitative estimate of drug-likeness (QED) is 0.229. The van der Waals surface area contributed by atoms with Crippen LogP contribution in [0.15, 0.2) is 0 Å². The van der Waals surface area contributed by atoms with Crippen LogP contribution < -0.4 is 0 Å². The Morgan fingerprint density at radius 2 is 1.28 bits per heavy atom. The molecule has 146 valence electrons. The van der Waals surface area contributed by atoms with Crippen LogP contribution in [0, 0.1) is 11.3 Å². The Hall–Kier alpha value is -0.400. The van der Waals surface area contributed by atoms with Crippen molar-refractivity contribution in [2.45, 2.75) is 67.3 Å². The Bertz CT molecular complexity index is 556. The molecule has 0 amide bonds. The zero-order chi connectivity index (χ0) is 19.2. The van der Waals surface area contributed by atoms with E-state index in [9.17, 15) is 46.0 Å². The minimum atomic E-state index is -2.44. The van der Waals surface area contributed by atoms with Gasteiger partial charge in [0.2, 0.25) is 0 Å². The highest BCUT2D eigenvalue weighted by atomic mass is 16.6. The first-order chi connectivity index (χ1) is 11.4. The number of fused-ring (bicyclic) bond motifs is 1. The van der Waals surface area contributed by atoms with Crippen LogP contribution in [0.2, 0.25) is 0 Å². The van der Waals surface area contributed by atoms with Crippen LogP contribution in [0.1, 0.15) is 13.8 Å². The van der Waals surface area contributed by atoms with Crippen LogP contribution in [0.25, 0.3) is 0 Å². The molecule has 2 aliphatic carbocycles. The molecule has 3 rings (SSSR count). The Balaban J connectivity index is 2.36. The van der Waals surface area contributed by atoms with Crippen LogP contribution in [0.4, 0.5) is 0 Å². The van der Waals surface area contributed by atoms with E-state index in [1.54, 1.807) is 0 Å². The lowest BCUT2D eigenvalue weighted by Gasteiger charge is -2.66. The summed E-state index contributed by atoms with van der Waals surface area (Å²) in [5.41, 5.74) is -8.78. The summed E-state index contributed by atoms with van der Waals surface area (Å²) in [6.45, 7) is 0.564. The first-order valence-electron chi connectivity index (χ1n) is 8.13. The van der Waals surface area contributed by atoms with E-state index in [0.29, 0.717) is 0 Å². The molecule has 1 saturated heterocycles. The average Bonchev–Trinajstić information content (AvgIpc) is 2.78. The van der Waals surface area contributed by atoms with Gasteiger partial charge in [-0.05, 0) is 13.8 Å². The smallest absolute Gasteiger partial charge is 0.139 e. The van der Waals surface area contributed by atoms with Gasteiger partial charge in [0.25, 0.3) is 0 Å². The van der Waals surface area contributed by atoms with E-state index in [1.165, 1.54) is 6.92 Å². The molecule has 10 heteroatoms. The molecule has 25 heavy (non-hydrogen) atoms. The van der Waals surface area contributed by atoms with E-state index in [2.05, 4.69) is 0 Å². The monoisotopic (exact) mass is 366 g/mol. The molecule has 1 spiro atoms. The highest BCUT2D eigenvalue weighted by molar-refractivity contribution is 5.34. The molecule has 0 radical (unpaired) electrons. The summed E-state index contributed by atoms with van der Waals surface area (Å²) in [7, 11) is 0. The highest BCUT2D eigenvalue weighted by Gasteiger charge is 2.86. The summed E-state index contributed by atoms with van der Waals surface area (Å²) < 4.78 is 5.80. The summed E-state index contributed by atoms with van der Waals surface area (Å²) in [5, 5.41) is 94.0. The van der Waals surface area contributed by atoms with E-state index in [1.807, 2.05) is 0 Å². The molecule has 0 unspecified atom stereocenters. The first kappa shape index (κ1) is 19.4. The summed E-state index contributed by atoms with van der Waals surface area (Å²) in [6, 6.07) is 0. The topological polar surface area (TPSA) is 191 Å². The molecule has 10 nitrogen and oxygen atoms in total. The number of rotatable bonds is 2. The van der Waals surface area contributed by atoms with Crippen molar-refractivity contribution in [1.29, 1.82) is 0 Å². The molecule has 0 aromatic heterocycles. The van der Waals surface area contributed by atoms with Crippen LogP contribution in [0.5, 0.6) is 0 Å². The lowest BCUT2D eigenvalue weighted by molar-refractivity contribution is -0.385. The van der Waals surface area contributed by atoms with Crippen LogP contribution in [-0.2, 0) is 4.74 Å². The molecule has 3 fully saturated rings. The van der Waals surface area contributed by atoms with Gasteiger partial charge in [-0.15, -0.1) is 0 Å². The molecule has 1 aliphatic heterocycles. The van der Waals surface area contributed by atoms with Crippen molar-refractivity contribution in [3.05, 3.63) is 0 Å². The predicted octanol–water partition coefficient (Wildman–Crippen LogP) is -4.96. The third kappa shape index (κ3) is 1.74. The van der Waals surface area contributed by atoms with Crippen molar-refractivity contribution in [2.75, 3.05) is 13.2 Å². The maximum Gasteiger partial charge on any atom is 0.139 e. The number of ether oxygens (including phenoxy) is 1. The minimum Gasteiger partial charge on any atom is -0.395 e. The SMILES string of the molecule is C[C@]1(O)[C@@H](O)[C@H](O)[C@H](O)[C@@]2(CO)[C@H](O)[C@H](O)[C@@H]3[C@@H](O)[C@@]21O[C@@]3(C)CO. The molecule has 0 aromatic carbocycles. The fraction of sp³-hybridized carbons (Fsp3) is 1.00. The maximum atomic E-state index is 11.0. The lowest BCUT2D eigenvalue weighted by atomic mass is 9.45. The van der Waals surface area contributed by atoms with E-state index >= 15 is 0 Å². The second-order valence-electron chi connectivity index (χ2n) is 7.94. The van der Waals surface area contributed by atoms with Gasteiger partial charge in [0.15, 0.2) is 0 Å². The number of aliphatic hydroxyl groups is 9. The van der Waals surface area contributed by atoms with Crippen molar-refractivity contribution < 1.29 is 50.7 Å². The Kier molecular flexibility index (Phi) is 4.12. The Morgan fingerprint density at radius 3 is 1.76 bits per heavy atom. The second kappa shape index (κ2) is 5.32.